The summed E-state index contributed by atoms with van der Waals surface area (Å²) in [6.45, 7) is 6.14. The van der Waals surface area contributed by atoms with Crippen LogP contribution >= 0.6 is 12.4 Å². The van der Waals surface area contributed by atoms with Gasteiger partial charge in [0.2, 0.25) is 5.91 Å². The number of hydrogen-bond acceptors (Lipinski definition) is 2. The molecule has 1 saturated heterocycles. The summed E-state index contributed by atoms with van der Waals surface area (Å²) in [4.78, 5) is 15.1. The highest BCUT2D eigenvalue weighted by Gasteiger charge is 2.52. The highest BCUT2D eigenvalue weighted by Crippen LogP contribution is 2.61. The third-order valence-corrected chi connectivity index (χ3v) is 7.36. The van der Waals surface area contributed by atoms with Crippen LogP contribution in [0.4, 0.5) is 0 Å². The minimum absolute atomic E-state index is 0. The zero-order valence-corrected chi connectivity index (χ0v) is 15.5. The van der Waals surface area contributed by atoms with Gasteiger partial charge in [0.15, 0.2) is 0 Å². The molecule has 0 spiro atoms. The predicted molar refractivity (Wildman–Crippen MR) is 95.4 cm³/mol. The van der Waals surface area contributed by atoms with E-state index in [2.05, 4.69) is 18.7 Å². The van der Waals surface area contributed by atoms with Crippen LogP contribution in [0.3, 0.4) is 0 Å². The highest BCUT2D eigenvalue weighted by atomic mass is 35.5. The van der Waals surface area contributed by atoms with Gasteiger partial charge in [0.05, 0.1) is 0 Å². The molecule has 0 aromatic carbocycles. The number of nitrogens with two attached hydrogens (primary N) is 1. The van der Waals surface area contributed by atoms with Crippen LogP contribution in [-0.4, -0.2) is 29.9 Å². The van der Waals surface area contributed by atoms with E-state index in [0.29, 0.717) is 11.3 Å². The topological polar surface area (TPSA) is 46.3 Å². The highest BCUT2D eigenvalue weighted by molar-refractivity contribution is 5.85. The van der Waals surface area contributed by atoms with Gasteiger partial charge in [-0.25, -0.2) is 0 Å². The quantitative estimate of drug-likeness (QED) is 0.834. The molecule has 23 heavy (non-hydrogen) atoms. The molecule has 1 amide bonds. The zero-order chi connectivity index (χ0) is 15.5. The number of piperidine rings is 1. The van der Waals surface area contributed by atoms with Crippen molar-refractivity contribution >= 4 is 18.3 Å². The summed E-state index contributed by atoms with van der Waals surface area (Å²) in [6.07, 6.45) is 10.2. The van der Waals surface area contributed by atoms with Gasteiger partial charge in [-0.05, 0) is 73.5 Å². The largest absolute Gasteiger partial charge is 0.342 e. The van der Waals surface area contributed by atoms with E-state index < -0.39 is 0 Å². The number of rotatable bonds is 2. The molecule has 1 heterocycles. The summed E-state index contributed by atoms with van der Waals surface area (Å²) in [5, 5.41) is 0. The second kappa shape index (κ2) is 5.91. The normalized spacial score (nSPS) is 44.0. The maximum absolute atomic E-state index is 13.0. The summed E-state index contributed by atoms with van der Waals surface area (Å²) in [5.74, 6) is 3.22. The molecule has 0 aromatic rings. The van der Waals surface area contributed by atoms with Gasteiger partial charge < -0.3 is 10.6 Å². The van der Waals surface area contributed by atoms with E-state index in [1.165, 1.54) is 38.5 Å². The minimum Gasteiger partial charge on any atom is -0.342 e. The van der Waals surface area contributed by atoms with Gasteiger partial charge >= 0.3 is 0 Å². The molecule has 4 bridgehead atoms. The first kappa shape index (κ1) is 17.5. The molecule has 4 heteroatoms. The maximum atomic E-state index is 13.0. The van der Waals surface area contributed by atoms with Crippen LogP contribution in [0.25, 0.3) is 0 Å². The lowest BCUT2D eigenvalue weighted by Gasteiger charge is -2.57. The third kappa shape index (κ3) is 3.16. The smallest absolute Gasteiger partial charge is 0.223 e. The number of halogens is 1. The van der Waals surface area contributed by atoms with Gasteiger partial charge in [-0.1, -0.05) is 13.8 Å². The van der Waals surface area contributed by atoms with Gasteiger partial charge in [0, 0.05) is 25.6 Å². The van der Waals surface area contributed by atoms with Crippen molar-refractivity contribution in [3.05, 3.63) is 0 Å². The Kier molecular flexibility index (Phi) is 4.51. The van der Waals surface area contributed by atoms with Gasteiger partial charge in [0.1, 0.15) is 0 Å². The summed E-state index contributed by atoms with van der Waals surface area (Å²) in [7, 11) is 0. The average Bonchev–Trinajstić information content (AvgIpc) is 2.39. The van der Waals surface area contributed by atoms with E-state index in [1.54, 1.807) is 0 Å². The molecule has 0 aromatic heterocycles. The van der Waals surface area contributed by atoms with Gasteiger partial charge in [-0.15, -0.1) is 12.4 Å². The van der Waals surface area contributed by atoms with Crippen molar-refractivity contribution in [3.63, 3.8) is 0 Å². The lowest BCUT2D eigenvalue weighted by molar-refractivity contribution is -0.142. The Morgan fingerprint density at radius 1 is 1.09 bits per heavy atom. The first-order chi connectivity index (χ1) is 10.4. The summed E-state index contributed by atoms with van der Waals surface area (Å²) in [6, 6.07) is 0.232. The first-order valence-corrected chi connectivity index (χ1v) is 9.39. The standard InChI is InChI=1S/C19H32N2O.ClH/c1-18(2)12-21(4-3-16(18)20)17(22)11-19-8-13-5-14(9-19)7-15(6-13)10-19;/h13-16H,3-12,20H2,1-2H3;1H. The molecule has 1 aliphatic heterocycles. The molecule has 2 N–H and O–H groups in total. The van der Waals surface area contributed by atoms with E-state index in [0.717, 1.165) is 43.7 Å². The SMILES string of the molecule is CC1(C)CN(C(=O)CC23CC4CC(CC(C4)C2)C3)CCC1N.Cl. The van der Waals surface area contributed by atoms with Crippen LogP contribution in [0, 0.1) is 28.6 Å². The van der Waals surface area contributed by atoms with Crippen molar-refractivity contribution < 1.29 is 4.79 Å². The van der Waals surface area contributed by atoms with E-state index in [-0.39, 0.29) is 23.9 Å². The lowest BCUT2D eigenvalue weighted by atomic mass is 9.49. The Morgan fingerprint density at radius 2 is 1.61 bits per heavy atom. The molecule has 132 valence electrons. The zero-order valence-electron chi connectivity index (χ0n) is 14.7. The fourth-order valence-corrected chi connectivity index (χ4v) is 6.53. The Balaban J connectivity index is 0.00000156. The number of carbonyl (C=O) groups excluding carboxylic acids is 1. The van der Waals surface area contributed by atoms with E-state index >= 15 is 0 Å². The third-order valence-electron chi connectivity index (χ3n) is 7.36. The van der Waals surface area contributed by atoms with Crippen LogP contribution in [0.2, 0.25) is 0 Å². The van der Waals surface area contributed by atoms with Crippen LogP contribution in [0.15, 0.2) is 0 Å². The molecule has 5 rings (SSSR count). The molecule has 3 nitrogen and oxygen atoms in total. The van der Waals surface area contributed by atoms with E-state index in [4.69, 9.17) is 5.73 Å². The molecular formula is C19H33ClN2O. The second-order valence-electron chi connectivity index (χ2n) is 9.79. The van der Waals surface area contributed by atoms with Crippen LogP contribution in [0.1, 0.15) is 65.2 Å². The van der Waals surface area contributed by atoms with Crippen LogP contribution in [-0.2, 0) is 4.79 Å². The number of hydrogen-bond donors (Lipinski definition) is 1. The van der Waals surface area contributed by atoms with Crippen LogP contribution < -0.4 is 5.73 Å². The van der Waals surface area contributed by atoms with Crippen molar-refractivity contribution in [3.8, 4) is 0 Å². The van der Waals surface area contributed by atoms with E-state index in [9.17, 15) is 4.79 Å². The van der Waals surface area contributed by atoms with Crippen LogP contribution in [0.5, 0.6) is 0 Å². The number of carbonyl (C=O) groups is 1. The van der Waals surface area contributed by atoms with E-state index in [1.807, 2.05) is 0 Å². The van der Waals surface area contributed by atoms with Gasteiger partial charge in [0.25, 0.3) is 0 Å². The Hall–Kier alpha value is -0.280. The summed E-state index contributed by atoms with van der Waals surface area (Å²) < 4.78 is 0. The molecule has 1 atom stereocenters. The molecule has 4 saturated carbocycles. The molecule has 1 unspecified atom stereocenters. The molecule has 5 aliphatic rings. The molecule has 5 fully saturated rings. The second-order valence-corrected chi connectivity index (χ2v) is 9.79. The predicted octanol–water partition coefficient (Wildman–Crippen LogP) is 3.60. The molecule has 4 aliphatic carbocycles. The molecular weight excluding hydrogens is 308 g/mol. The Labute approximate surface area is 147 Å². The lowest BCUT2D eigenvalue weighted by Crippen LogP contribution is -2.55. The maximum Gasteiger partial charge on any atom is 0.223 e. The van der Waals surface area contributed by atoms with Gasteiger partial charge in [-0.3, -0.25) is 4.79 Å². The minimum atomic E-state index is 0. The Morgan fingerprint density at radius 3 is 2.09 bits per heavy atom. The summed E-state index contributed by atoms with van der Waals surface area (Å²) in [5.41, 5.74) is 6.66. The number of amides is 1. The van der Waals surface area contributed by atoms with Crippen molar-refractivity contribution in [1.29, 1.82) is 0 Å². The molecule has 0 radical (unpaired) electrons. The Bertz CT molecular complexity index is 441. The van der Waals surface area contributed by atoms with Crippen molar-refractivity contribution in [1.82, 2.24) is 4.90 Å². The van der Waals surface area contributed by atoms with Crippen molar-refractivity contribution in [2.24, 2.45) is 34.3 Å². The average molecular weight is 341 g/mol. The van der Waals surface area contributed by atoms with Crippen molar-refractivity contribution in [2.45, 2.75) is 71.3 Å². The fourth-order valence-electron chi connectivity index (χ4n) is 6.53. The number of likely N-dealkylation sites (tertiary alicyclic amines) is 1. The first-order valence-electron chi connectivity index (χ1n) is 9.39. The fraction of sp³-hybridized carbons (Fsp3) is 0.947. The summed E-state index contributed by atoms with van der Waals surface area (Å²) >= 11 is 0. The van der Waals surface area contributed by atoms with Crippen molar-refractivity contribution in [2.75, 3.05) is 13.1 Å². The number of nitrogens with zero attached hydrogens (tertiary/aromatic N) is 1. The monoisotopic (exact) mass is 340 g/mol. The van der Waals surface area contributed by atoms with Gasteiger partial charge in [-0.2, -0.15) is 0 Å².